The van der Waals surface area contributed by atoms with E-state index in [4.69, 9.17) is 9.47 Å². The van der Waals surface area contributed by atoms with Gasteiger partial charge in [-0.1, -0.05) is 56.1 Å². The number of fused-ring (bicyclic) bond motifs is 1. The molecule has 0 amide bonds. The fourth-order valence-electron chi connectivity index (χ4n) is 3.09. The lowest BCUT2D eigenvalue weighted by atomic mass is 10.1. The first-order chi connectivity index (χ1) is 11.7. The lowest BCUT2D eigenvalue weighted by Crippen LogP contribution is -2.57. The molecule has 2 aromatic rings. The minimum Gasteiger partial charge on any atom is -0.352 e. The van der Waals surface area contributed by atoms with E-state index in [1.165, 1.54) is 0 Å². The van der Waals surface area contributed by atoms with Crippen LogP contribution in [0.3, 0.4) is 0 Å². The molecule has 2 aromatic carbocycles. The number of halogens is 2. The molecule has 0 spiro atoms. The second-order valence-electron chi connectivity index (χ2n) is 6.03. The van der Waals surface area contributed by atoms with E-state index in [1.54, 1.807) is 0 Å². The van der Waals surface area contributed by atoms with Gasteiger partial charge in [0.05, 0.1) is 12.2 Å². The van der Waals surface area contributed by atoms with Crippen LogP contribution in [0.4, 0.5) is 0 Å². The molecule has 2 fully saturated rings. The van der Waals surface area contributed by atoms with Gasteiger partial charge in [0.1, 0.15) is 12.5 Å². The summed E-state index contributed by atoms with van der Waals surface area (Å²) in [5.74, 6) is 0. The Bertz CT molecular complexity index is 632. The highest BCUT2D eigenvalue weighted by atomic mass is 79.9. The van der Waals surface area contributed by atoms with Gasteiger partial charge in [-0.15, -0.1) is 0 Å². The molecule has 24 heavy (non-hydrogen) atoms. The van der Waals surface area contributed by atoms with E-state index in [1.807, 2.05) is 24.3 Å². The Kier molecular flexibility index (Phi) is 5.03. The van der Waals surface area contributed by atoms with Crippen molar-refractivity contribution in [1.29, 1.82) is 0 Å². The molecule has 2 aliphatic rings. The second kappa shape index (κ2) is 7.23. The van der Waals surface area contributed by atoms with Gasteiger partial charge in [0.25, 0.3) is 0 Å². The molecule has 126 valence electrons. The van der Waals surface area contributed by atoms with E-state index in [0.717, 1.165) is 33.2 Å². The van der Waals surface area contributed by atoms with Crippen molar-refractivity contribution in [3.05, 3.63) is 68.6 Å². The summed E-state index contributed by atoms with van der Waals surface area (Å²) in [6.07, 6.45) is -0.0823. The summed E-state index contributed by atoms with van der Waals surface area (Å²) >= 11 is 6.93. The van der Waals surface area contributed by atoms with Crippen LogP contribution in [0.15, 0.2) is 57.5 Å². The van der Waals surface area contributed by atoms with Crippen LogP contribution in [0, 0.1) is 0 Å². The summed E-state index contributed by atoms with van der Waals surface area (Å²) in [5.41, 5.74) is 2.26. The Hall–Kier alpha value is -0.760. The molecule has 0 bridgehead atoms. The van der Waals surface area contributed by atoms with Gasteiger partial charge in [0, 0.05) is 22.0 Å². The maximum absolute atomic E-state index is 6.20. The Labute approximate surface area is 158 Å². The molecule has 2 saturated heterocycles. The molecule has 6 heteroatoms. The van der Waals surface area contributed by atoms with Crippen molar-refractivity contribution in [1.82, 2.24) is 10.6 Å². The average molecular weight is 454 g/mol. The maximum Gasteiger partial charge on any atom is 0.134 e. The second-order valence-corrected chi connectivity index (χ2v) is 7.86. The maximum atomic E-state index is 6.20. The quantitative estimate of drug-likeness (QED) is 0.723. The van der Waals surface area contributed by atoms with Crippen LogP contribution in [0.1, 0.15) is 23.6 Å². The smallest absolute Gasteiger partial charge is 0.134 e. The summed E-state index contributed by atoms with van der Waals surface area (Å²) in [7, 11) is 0. The first-order valence-corrected chi connectivity index (χ1v) is 9.56. The Balaban J connectivity index is 1.41. The third-order valence-electron chi connectivity index (χ3n) is 4.39. The number of benzene rings is 2. The molecule has 0 aromatic heterocycles. The highest BCUT2D eigenvalue weighted by molar-refractivity contribution is 9.10. The van der Waals surface area contributed by atoms with Gasteiger partial charge >= 0.3 is 0 Å². The summed E-state index contributed by atoms with van der Waals surface area (Å²) in [4.78, 5) is 0. The predicted octanol–water partition coefficient (Wildman–Crippen LogP) is 3.89. The fraction of sp³-hybridized carbons (Fsp3) is 0.333. The van der Waals surface area contributed by atoms with Gasteiger partial charge in [-0.25, -0.2) is 0 Å². The summed E-state index contributed by atoms with van der Waals surface area (Å²) in [6, 6.07) is 16.4. The normalized spacial score (nSPS) is 29.9. The topological polar surface area (TPSA) is 42.5 Å². The van der Waals surface area contributed by atoms with E-state index < -0.39 is 0 Å². The molecule has 2 heterocycles. The van der Waals surface area contributed by atoms with Crippen molar-refractivity contribution in [3.8, 4) is 0 Å². The molecule has 0 aliphatic carbocycles. The van der Waals surface area contributed by atoms with Crippen molar-refractivity contribution in [3.63, 3.8) is 0 Å². The number of hydrogen-bond acceptors (Lipinski definition) is 4. The minimum atomic E-state index is -0.0889. The molecular formula is C18H18Br2N2O2. The zero-order valence-electron chi connectivity index (χ0n) is 12.9. The Morgan fingerprint density at radius 1 is 0.667 bits per heavy atom. The van der Waals surface area contributed by atoms with Crippen molar-refractivity contribution < 1.29 is 9.47 Å². The van der Waals surface area contributed by atoms with E-state index >= 15 is 0 Å². The lowest BCUT2D eigenvalue weighted by Gasteiger charge is -2.43. The van der Waals surface area contributed by atoms with Crippen LogP contribution < -0.4 is 10.6 Å². The SMILES string of the molecule is Brc1ccc([C@@H]2NC[C@H]3O[C@@H](c4ccc(Br)cc4)NC[C@@H]3O2)cc1. The molecule has 4 nitrogen and oxygen atoms in total. The first-order valence-electron chi connectivity index (χ1n) is 7.98. The van der Waals surface area contributed by atoms with E-state index in [9.17, 15) is 0 Å². The van der Waals surface area contributed by atoms with E-state index in [-0.39, 0.29) is 24.7 Å². The third-order valence-corrected chi connectivity index (χ3v) is 5.45. The zero-order valence-corrected chi connectivity index (χ0v) is 16.1. The van der Waals surface area contributed by atoms with E-state index in [2.05, 4.69) is 66.8 Å². The molecule has 4 rings (SSSR count). The van der Waals surface area contributed by atoms with Crippen LogP contribution in [-0.4, -0.2) is 25.3 Å². The molecule has 4 atom stereocenters. The van der Waals surface area contributed by atoms with Crippen LogP contribution in [0.5, 0.6) is 0 Å². The highest BCUT2D eigenvalue weighted by Crippen LogP contribution is 2.30. The van der Waals surface area contributed by atoms with Crippen LogP contribution in [0.25, 0.3) is 0 Å². The molecule has 2 aliphatic heterocycles. The molecule has 2 N–H and O–H groups in total. The van der Waals surface area contributed by atoms with Gasteiger partial charge in [-0.2, -0.15) is 0 Å². The number of ether oxygens (including phenoxy) is 2. The van der Waals surface area contributed by atoms with Gasteiger partial charge in [0.15, 0.2) is 0 Å². The van der Waals surface area contributed by atoms with Gasteiger partial charge in [0.2, 0.25) is 0 Å². The fourth-order valence-corrected chi connectivity index (χ4v) is 3.62. The van der Waals surface area contributed by atoms with E-state index in [0.29, 0.717) is 0 Å². The largest absolute Gasteiger partial charge is 0.352 e. The van der Waals surface area contributed by atoms with Gasteiger partial charge in [-0.05, 0) is 35.4 Å². The van der Waals surface area contributed by atoms with Gasteiger partial charge < -0.3 is 9.47 Å². The van der Waals surface area contributed by atoms with Gasteiger partial charge in [-0.3, -0.25) is 10.6 Å². The Morgan fingerprint density at radius 3 is 1.42 bits per heavy atom. The summed E-state index contributed by atoms with van der Waals surface area (Å²) in [6.45, 7) is 1.56. The summed E-state index contributed by atoms with van der Waals surface area (Å²) in [5, 5.41) is 6.87. The third kappa shape index (κ3) is 3.59. The van der Waals surface area contributed by atoms with Crippen LogP contribution in [-0.2, 0) is 9.47 Å². The average Bonchev–Trinajstić information content (AvgIpc) is 2.62. The highest BCUT2D eigenvalue weighted by Gasteiger charge is 2.37. The molecule has 0 unspecified atom stereocenters. The summed E-state index contributed by atoms with van der Waals surface area (Å²) < 4.78 is 14.5. The standard InChI is InChI=1S/C18H18Br2N2O2/c19-13-5-1-11(2-6-13)17-21-9-16-15(23-17)10-22-18(24-16)12-3-7-14(20)8-4-12/h1-8,15-18,21-22H,9-10H2/t15-,16+,17+,18-. The monoisotopic (exact) mass is 452 g/mol. The van der Waals surface area contributed by atoms with Crippen molar-refractivity contribution in [2.24, 2.45) is 0 Å². The first kappa shape index (κ1) is 16.7. The van der Waals surface area contributed by atoms with Crippen LogP contribution >= 0.6 is 31.9 Å². The van der Waals surface area contributed by atoms with Crippen LogP contribution in [0.2, 0.25) is 0 Å². The molecule has 0 saturated carbocycles. The van der Waals surface area contributed by atoms with Crippen molar-refractivity contribution in [2.45, 2.75) is 24.7 Å². The molecular weight excluding hydrogens is 436 g/mol. The predicted molar refractivity (Wildman–Crippen MR) is 99.5 cm³/mol. The van der Waals surface area contributed by atoms with Crippen molar-refractivity contribution >= 4 is 31.9 Å². The lowest BCUT2D eigenvalue weighted by molar-refractivity contribution is -0.194. The Morgan fingerprint density at radius 2 is 1.04 bits per heavy atom. The number of hydrogen-bond donors (Lipinski definition) is 2. The zero-order chi connectivity index (χ0) is 16.5. The number of nitrogens with one attached hydrogen (secondary N) is 2. The van der Waals surface area contributed by atoms with Crippen molar-refractivity contribution in [2.75, 3.05) is 13.1 Å². The number of rotatable bonds is 2. The minimum absolute atomic E-state index is 0.0478. The molecule has 0 radical (unpaired) electrons.